The molecule has 11 heteroatoms. The van der Waals surface area contributed by atoms with E-state index in [9.17, 15) is 26.7 Å². The Labute approximate surface area is 163 Å². The van der Waals surface area contributed by atoms with Crippen molar-refractivity contribution < 1.29 is 26.7 Å². The van der Waals surface area contributed by atoms with Crippen molar-refractivity contribution >= 4 is 17.4 Å². The molecule has 1 amide bonds. The minimum atomic E-state index is -4.55. The quantitative estimate of drug-likeness (QED) is 0.776. The minimum absolute atomic E-state index is 0.163. The van der Waals surface area contributed by atoms with Gasteiger partial charge in [0.1, 0.15) is 11.9 Å². The summed E-state index contributed by atoms with van der Waals surface area (Å²) in [5, 5.41) is 6.29. The van der Waals surface area contributed by atoms with E-state index < -0.39 is 36.5 Å². The summed E-state index contributed by atoms with van der Waals surface area (Å²) in [7, 11) is 0. The fraction of sp³-hybridized carbons (Fsp3) is 0.611. The number of aryl methyl sites for hydroxylation is 1. The molecule has 158 valence electrons. The molecule has 2 fully saturated rings. The van der Waals surface area contributed by atoms with Gasteiger partial charge < -0.3 is 10.2 Å². The standard InChI is InChI=1S/C18H20F5N5O/c1-10-7-13(27-6-2-5-17(19,20)9-27)26-28-12(8-24-15(10)28)16(29)25-14(11-3-4-11)18(21,22)23/h7-8,11,14H,2-6,9H2,1H3,(H,25,29)/t14-/m1/s1. The van der Waals surface area contributed by atoms with Crippen LogP contribution in [0.5, 0.6) is 0 Å². The lowest BCUT2D eigenvalue weighted by Gasteiger charge is -2.33. The molecule has 2 aromatic rings. The van der Waals surface area contributed by atoms with Gasteiger partial charge in [-0.05, 0) is 43.7 Å². The van der Waals surface area contributed by atoms with Gasteiger partial charge in [-0.15, -0.1) is 5.10 Å². The first-order chi connectivity index (χ1) is 13.5. The SMILES string of the molecule is Cc1cc(N2CCCC(F)(F)C2)nn2c(C(=O)N[C@H](C3CC3)C(F)(F)F)cnc12. The fourth-order valence-electron chi connectivity index (χ4n) is 3.69. The highest BCUT2D eigenvalue weighted by Crippen LogP contribution is 2.40. The first-order valence-electron chi connectivity index (χ1n) is 9.41. The van der Waals surface area contributed by atoms with Crippen LogP contribution in [-0.4, -0.2) is 51.7 Å². The lowest BCUT2D eigenvalue weighted by Crippen LogP contribution is -2.47. The molecule has 1 N–H and O–H groups in total. The zero-order chi connectivity index (χ0) is 21.0. The highest BCUT2D eigenvalue weighted by atomic mass is 19.4. The Kier molecular flexibility index (Phi) is 4.66. The maximum Gasteiger partial charge on any atom is 0.408 e. The number of aromatic nitrogens is 3. The van der Waals surface area contributed by atoms with Gasteiger partial charge in [0.15, 0.2) is 11.3 Å². The zero-order valence-electron chi connectivity index (χ0n) is 15.6. The number of alkyl halides is 5. The fourth-order valence-corrected chi connectivity index (χ4v) is 3.69. The van der Waals surface area contributed by atoms with Gasteiger partial charge in [-0.2, -0.15) is 13.2 Å². The molecule has 3 heterocycles. The molecule has 1 saturated heterocycles. The van der Waals surface area contributed by atoms with Gasteiger partial charge in [-0.1, -0.05) is 0 Å². The number of piperidine rings is 1. The van der Waals surface area contributed by atoms with E-state index in [0.29, 0.717) is 24.9 Å². The molecule has 6 nitrogen and oxygen atoms in total. The number of fused-ring (bicyclic) bond motifs is 1. The molecule has 1 aliphatic heterocycles. The van der Waals surface area contributed by atoms with E-state index in [-0.39, 0.29) is 30.0 Å². The monoisotopic (exact) mass is 417 g/mol. The second kappa shape index (κ2) is 6.81. The number of imidazole rings is 1. The third kappa shape index (κ3) is 3.99. The van der Waals surface area contributed by atoms with Crippen LogP contribution in [0.2, 0.25) is 0 Å². The Morgan fingerprint density at radius 3 is 2.69 bits per heavy atom. The molecule has 0 unspecified atom stereocenters. The lowest BCUT2D eigenvalue weighted by atomic mass is 10.1. The van der Waals surface area contributed by atoms with E-state index in [0.717, 1.165) is 10.7 Å². The van der Waals surface area contributed by atoms with Crippen molar-refractivity contribution in [1.82, 2.24) is 19.9 Å². The lowest BCUT2D eigenvalue weighted by molar-refractivity contribution is -0.158. The van der Waals surface area contributed by atoms with Gasteiger partial charge in [0.25, 0.3) is 11.8 Å². The first kappa shape index (κ1) is 19.8. The number of nitrogens with zero attached hydrogens (tertiary/aromatic N) is 4. The predicted octanol–water partition coefficient (Wildman–Crippen LogP) is 3.34. The van der Waals surface area contributed by atoms with E-state index in [1.807, 2.05) is 5.32 Å². The molecular formula is C18H20F5N5O. The third-order valence-electron chi connectivity index (χ3n) is 5.32. The average molecular weight is 417 g/mol. The van der Waals surface area contributed by atoms with Crippen molar-refractivity contribution in [2.45, 2.75) is 50.7 Å². The topological polar surface area (TPSA) is 62.5 Å². The Hall–Kier alpha value is -2.46. The molecule has 2 aliphatic rings. The summed E-state index contributed by atoms with van der Waals surface area (Å²) in [6, 6.07) is -0.334. The van der Waals surface area contributed by atoms with Gasteiger partial charge in [-0.3, -0.25) is 4.79 Å². The summed E-state index contributed by atoms with van der Waals surface area (Å²) < 4.78 is 68.4. The summed E-state index contributed by atoms with van der Waals surface area (Å²) >= 11 is 0. The first-order valence-corrected chi connectivity index (χ1v) is 9.41. The molecule has 0 spiro atoms. The Morgan fingerprint density at radius 2 is 2.07 bits per heavy atom. The number of nitrogens with one attached hydrogen (secondary N) is 1. The largest absolute Gasteiger partial charge is 0.408 e. The van der Waals surface area contributed by atoms with Crippen molar-refractivity contribution in [3.8, 4) is 0 Å². The Balaban J connectivity index is 1.65. The maximum atomic E-state index is 13.8. The molecule has 0 aromatic carbocycles. The molecule has 0 bridgehead atoms. The van der Waals surface area contributed by atoms with Crippen molar-refractivity contribution in [2.75, 3.05) is 18.0 Å². The number of hydrogen-bond donors (Lipinski definition) is 1. The van der Waals surface area contributed by atoms with Crippen molar-refractivity contribution in [3.63, 3.8) is 0 Å². The van der Waals surface area contributed by atoms with Crippen molar-refractivity contribution in [3.05, 3.63) is 23.5 Å². The summed E-state index contributed by atoms with van der Waals surface area (Å²) in [5.41, 5.74) is 0.707. The van der Waals surface area contributed by atoms with Crippen LogP contribution in [0.1, 0.15) is 41.7 Å². The summed E-state index contributed by atoms with van der Waals surface area (Å²) in [6.07, 6.45) is -2.50. The minimum Gasteiger partial charge on any atom is -0.349 e. The van der Waals surface area contributed by atoms with Crippen molar-refractivity contribution in [1.29, 1.82) is 0 Å². The Morgan fingerprint density at radius 1 is 1.34 bits per heavy atom. The zero-order valence-corrected chi connectivity index (χ0v) is 15.6. The van der Waals surface area contributed by atoms with E-state index in [2.05, 4.69) is 10.1 Å². The normalized spacial score (nSPS) is 20.7. The van der Waals surface area contributed by atoms with Crippen LogP contribution >= 0.6 is 0 Å². The highest BCUT2D eigenvalue weighted by molar-refractivity contribution is 5.93. The second-order valence-electron chi connectivity index (χ2n) is 7.78. The second-order valence-corrected chi connectivity index (χ2v) is 7.78. The molecule has 4 rings (SSSR count). The van der Waals surface area contributed by atoms with E-state index in [4.69, 9.17) is 0 Å². The van der Waals surface area contributed by atoms with Crippen LogP contribution in [-0.2, 0) is 0 Å². The molecule has 29 heavy (non-hydrogen) atoms. The van der Waals surface area contributed by atoms with E-state index in [1.54, 1.807) is 13.0 Å². The molecule has 1 atom stereocenters. The van der Waals surface area contributed by atoms with Crippen LogP contribution in [0.25, 0.3) is 5.65 Å². The highest BCUT2D eigenvalue weighted by Gasteiger charge is 2.50. The van der Waals surface area contributed by atoms with Crippen LogP contribution in [0, 0.1) is 12.8 Å². The number of anilines is 1. The van der Waals surface area contributed by atoms with Gasteiger partial charge in [-0.25, -0.2) is 18.3 Å². The number of halogens is 5. The summed E-state index contributed by atoms with van der Waals surface area (Å²) in [5.74, 6) is -4.18. The van der Waals surface area contributed by atoms with Gasteiger partial charge in [0, 0.05) is 13.0 Å². The maximum absolute atomic E-state index is 13.8. The third-order valence-corrected chi connectivity index (χ3v) is 5.32. The molecule has 1 saturated carbocycles. The number of rotatable bonds is 4. The number of carbonyl (C=O) groups is 1. The van der Waals surface area contributed by atoms with Crippen LogP contribution in [0.15, 0.2) is 12.3 Å². The average Bonchev–Trinajstić information content (AvgIpc) is 3.35. The summed E-state index contributed by atoms with van der Waals surface area (Å²) in [6.45, 7) is 1.56. The molecule has 0 radical (unpaired) electrons. The number of hydrogen-bond acceptors (Lipinski definition) is 4. The van der Waals surface area contributed by atoms with Crippen LogP contribution in [0.4, 0.5) is 27.8 Å². The molecule has 2 aromatic heterocycles. The summed E-state index contributed by atoms with van der Waals surface area (Å²) in [4.78, 5) is 18.1. The Bertz CT molecular complexity index is 937. The van der Waals surface area contributed by atoms with E-state index >= 15 is 0 Å². The van der Waals surface area contributed by atoms with Gasteiger partial charge in [0.2, 0.25) is 0 Å². The predicted molar refractivity (Wildman–Crippen MR) is 94.2 cm³/mol. The van der Waals surface area contributed by atoms with Crippen molar-refractivity contribution in [2.24, 2.45) is 5.92 Å². The van der Waals surface area contributed by atoms with Gasteiger partial charge >= 0.3 is 6.18 Å². The number of carbonyl (C=O) groups excluding carboxylic acids is 1. The van der Waals surface area contributed by atoms with E-state index in [1.165, 1.54) is 4.90 Å². The van der Waals surface area contributed by atoms with Gasteiger partial charge in [0.05, 0.1) is 12.7 Å². The smallest absolute Gasteiger partial charge is 0.349 e. The number of amides is 1. The molecule has 1 aliphatic carbocycles. The van der Waals surface area contributed by atoms with Crippen LogP contribution in [0.3, 0.4) is 0 Å². The molecular weight excluding hydrogens is 397 g/mol. The van der Waals surface area contributed by atoms with Crippen LogP contribution < -0.4 is 10.2 Å².